The van der Waals surface area contributed by atoms with Crippen LogP contribution in [0, 0.1) is 5.92 Å². The van der Waals surface area contributed by atoms with Crippen molar-refractivity contribution < 1.29 is 14.3 Å². The summed E-state index contributed by atoms with van der Waals surface area (Å²) in [5.41, 5.74) is 1.09. The van der Waals surface area contributed by atoms with E-state index in [1.54, 1.807) is 0 Å². The monoisotopic (exact) mass is 303 g/mol. The third-order valence-electron chi connectivity index (χ3n) is 4.30. The lowest BCUT2D eigenvalue weighted by Gasteiger charge is -2.29. The number of carbonyl (C=O) groups excluding carboxylic acids is 2. The number of rotatable bonds is 6. The van der Waals surface area contributed by atoms with Gasteiger partial charge in [-0.2, -0.15) is 0 Å². The first-order chi connectivity index (χ1) is 10.7. The molecule has 0 unspecified atom stereocenters. The maximum absolute atomic E-state index is 12.8. The summed E-state index contributed by atoms with van der Waals surface area (Å²) in [6.07, 6.45) is 5.69. The highest BCUT2D eigenvalue weighted by molar-refractivity contribution is 5.79. The van der Waals surface area contributed by atoms with Crippen molar-refractivity contribution in [3.63, 3.8) is 0 Å². The van der Waals surface area contributed by atoms with Gasteiger partial charge in [0.15, 0.2) is 0 Å². The van der Waals surface area contributed by atoms with E-state index in [0.717, 1.165) is 31.2 Å². The van der Waals surface area contributed by atoms with Crippen LogP contribution in [0.25, 0.3) is 0 Å². The van der Waals surface area contributed by atoms with E-state index in [1.807, 2.05) is 35.2 Å². The molecule has 1 aromatic rings. The number of esters is 1. The van der Waals surface area contributed by atoms with Crippen molar-refractivity contribution in [2.45, 2.75) is 45.1 Å². The minimum absolute atomic E-state index is 0.120. The number of benzene rings is 1. The zero-order valence-corrected chi connectivity index (χ0v) is 13.3. The van der Waals surface area contributed by atoms with Gasteiger partial charge in [0.1, 0.15) is 0 Å². The van der Waals surface area contributed by atoms with Crippen molar-refractivity contribution in [2.75, 3.05) is 13.7 Å². The molecular formula is C18H25NO3. The standard InChI is InChI=1S/C18H25NO3/c1-22-17(20)12-13-19(14-15-8-4-2-5-9-15)18(21)16-10-6-3-7-11-16/h2,4-5,8-9,16H,3,6-7,10-14H2,1H3. The van der Waals surface area contributed by atoms with Crippen LogP contribution < -0.4 is 0 Å². The van der Waals surface area contributed by atoms with Gasteiger partial charge in [-0.15, -0.1) is 0 Å². The van der Waals surface area contributed by atoms with Crippen LogP contribution in [0.4, 0.5) is 0 Å². The highest BCUT2D eigenvalue weighted by Gasteiger charge is 2.26. The maximum Gasteiger partial charge on any atom is 0.307 e. The van der Waals surface area contributed by atoms with Crippen LogP contribution in [-0.2, 0) is 20.9 Å². The fourth-order valence-corrected chi connectivity index (χ4v) is 3.01. The van der Waals surface area contributed by atoms with Gasteiger partial charge in [-0.3, -0.25) is 9.59 Å². The van der Waals surface area contributed by atoms with Gasteiger partial charge in [0.05, 0.1) is 13.5 Å². The van der Waals surface area contributed by atoms with E-state index in [4.69, 9.17) is 4.74 Å². The van der Waals surface area contributed by atoms with Crippen LogP contribution in [0.3, 0.4) is 0 Å². The number of hydrogen-bond acceptors (Lipinski definition) is 3. The quantitative estimate of drug-likeness (QED) is 0.758. The number of amides is 1. The third kappa shape index (κ3) is 4.86. The van der Waals surface area contributed by atoms with E-state index in [2.05, 4.69) is 0 Å². The Balaban J connectivity index is 2.02. The smallest absolute Gasteiger partial charge is 0.307 e. The van der Waals surface area contributed by atoms with Gasteiger partial charge in [-0.1, -0.05) is 49.6 Å². The fraction of sp³-hybridized carbons (Fsp3) is 0.556. The molecular weight excluding hydrogens is 278 g/mol. The summed E-state index contributed by atoms with van der Waals surface area (Å²) < 4.78 is 4.70. The number of hydrogen-bond donors (Lipinski definition) is 0. The molecule has 0 N–H and O–H groups in total. The largest absolute Gasteiger partial charge is 0.469 e. The van der Waals surface area contributed by atoms with Crippen molar-refractivity contribution in [3.05, 3.63) is 35.9 Å². The first kappa shape index (κ1) is 16.5. The minimum atomic E-state index is -0.269. The summed E-state index contributed by atoms with van der Waals surface area (Å²) >= 11 is 0. The molecule has 2 rings (SSSR count). The number of methoxy groups -OCH3 is 1. The normalized spacial score (nSPS) is 15.3. The van der Waals surface area contributed by atoms with Crippen molar-refractivity contribution in [3.8, 4) is 0 Å². The van der Waals surface area contributed by atoms with E-state index in [-0.39, 0.29) is 24.2 Å². The second-order valence-electron chi connectivity index (χ2n) is 5.91. The molecule has 0 radical (unpaired) electrons. The van der Waals surface area contributed by atoms with Gasteiger partial charge in [0, 0.05) is 19.0 Å². The Morgan fingerprint density at radius 3 is 2.45 bits per heavy atom. The fourth-order valence-electron chi connectivity index (χ4n) is 3.01. The molecule has 0 saturated heterocycles. The predicted octanol–water partition coefficient (Wildman–Crippen LogP) is 3.16. The number of carbonyl (C=O) groups is 2. The van der Waals surface area contributed by atoms with E-state index in [9.17, 15) is 9.59 Å². The molecule has 4 heteroatoms. The lowest BCUT2D eigenvalue weighted by atomic mass is 9.88. The summed E-state index contributed by atoms with van der Waals surface area (Å²) in [5.74, 6) is 0.0390. The Labute approximate surface area is 132 Å². The zero-order valence-electron chi connectivity index (χ0n) is 13.3. The van der Waals surface area contributed by atoms with Gasteiger partial charge in [0.25, 0.3) is 0 Å². The van der Waals surface area contributed by atoms with E-state index in [0.29, 0.717) is 13.1 Å². The molecule has 0 heterocycles. The molecule has 0 aliphatic heterocycles. The van der Waals surface area contributed by atoms with E-state index in [1.165, 1.54) is 13.5 Å². The summed E-state index contributed by atoms with van der Waals surface area (Å²) in [6.45, 7) is 0.990. The number of ether oxygens (including phenoxy) is 1. The van der Waals surface area contributed by atoms with E-state index >= 15 is 0 Å². The summed E-state index contributed by atoms with van der Waals surface area (Å²) in [5, 5.41) is 0. The first-order valence-electron chi connectivity index (χ1n) is 8.10. The van der Waals surface area contributed by atoms with Crippen LogP contribution in [0.1, 0.15) is 44.1 Å². The highest BCUT2D eigenvalue weighted by Crippen LogP contribution is 2.26. The van der Waals surface area contributed by atoms with Crippen LogP contribution in [0.15, 0.2) is 30.3 Å². The molecule has 4 nitrogen and oxygen atoms in total. The van der Waals surface area contributed by atoms with Crippen molar-refractivity contribution in [1.82, 2.24) is 4.90 Å². The Morgan fingerprint density at radius 1 is 1.14 bits per heavy atom. The molecule has 1 saturated carbocycles. The lowest BCUT2D eigenvalue weighted by molar-refractivity contribution is -0.143. The van der Waals surface area contributed by atoms with Gasteiger partial charge in [-0.05, 0) is 18.4 Å². The summed E-state index contributed by atoms with van der Waals surface area (Å²) in [4.78, 5) is 26.0. The Hall–Kier alpha value is -1.84. The van der Waals surface area contributed by atoms with Gasteiger partial charge in [-0.25, -0.2) is 0 Å². The molecule has 0 bridgehead atoms. The predicted molar refractivity (Wildman–Crippen MR) is 85.1 cm³/mol. The topological polar surface area (TPSA) is 46.6 Å². The summed E-state index contributed by atoms with van der Waals surface area (Å²) in [6, 6.07) is 9.93. The molecule has 1 aromatic carbocycles. The Bertz CT molecular complexity index is 480. The number of nitrogens with zero attached hydrogens (tertiary/aromatic N) is 1. The molecule has 0 atom stereocenters. The minimum Gasteiger partial charge on any atom is -0.469 e. The summed E-state index contributed by atoms with van der Waals surface area (Å²) in [7, 11) is 1.38. The van der Waals surface area contributed by atoms with Crippen molar-refractivity contribution in [2.24, 2.45) is 5.92 Å². The van der Waals surface area contributed by atoms with Gasteiger partial charge < -0.3 is 9.64 Å². The average molecular weight is 303 g/mol. The van der Waals surface area contributed by atoms with Crippen molar-refractivity contribution >= 4 is 11.9 Å². The maximum atomic E-state index is 12.8. The molecule has 1 fully saturated rings. The van der Waals surface area contributed by atoms with Gasteiger partial charge in [0.2, 0.25) is 5.91 Å². The molecule has 0 spiro atoms. The third-order valence-corrected chi connectivity index (χ3v) is 4.30. The van der Waals surface area contributed by atoms with Gasteiger partial charge >= 0.3 is 5.97 Å². The SMILES string of the molecule is COC(=O)CCN(Cc1ccccc1)C(=O)C1CCCCC1. The average Bonchev–Trinajstić information content (AvgIpc) is 2.59. The molecule has 1 amide bonds. The van der Waals surface area contributed by atoms with Crippen LogP contribution in [0.2, 0.25) is 0 Å². The molecule has 1 aliphatic carbocycles. The second kappa shape index (κ2) is 8.57. The zero-order chi connectivity index (χ0) is 15.8. The molecule has 1 aliphatic rings. The van der Waals surface area contributed by atoms with Crippen LogP contribution in [-0.4, -0.2) is 30.4 Å². The van der Waals surface area contributed by atoms with Crippen LogP contribution >= 0.6 is 0 Å². The molecule has 0 aromatic heterocycles. The Morgan fingerprint density at radius 2 is 1.82 bits per heavy atom. The Kier molecular flexibility index (Phi) is 6.44. The van der Waals surface area contributed by atoms with E-state index < -0.39 is 0 Å². The second-order valence-corrected chi connectivity index (χ2v) is 5.91. The van der Waals surface area contributed by atoms with Crippen LogP contribution in [0.5, 0.6) is 0 Å². The molecule has 120 valence electrons. The lowest BCUT2D eigenvalue weighted by Crippen LogP contribution is -2.38. The molecule has 22 heavy (non-hydrogen) atoms. The first-order valence-corrected chi connectivity index (χ1v) is 8.10. The van der Waals surface area contributed by atoms with Crippen molar-refractivity contribution in [1.29, 1.82) is 0 Å². The highest BCUT2D eigenvalue weighted by atomic mass is 16.5.